The Morgan fingerprint density at radius 2 is 1.60 bits per heavy atom. The molecule has 0 bridgehead atoms. The van der Waals surface area contributed by atoms with E-state index in [9.17, 15) is 13.5 Å². The third kappa shape index (κ3) is 6.50. The topological polar surface area (TPSA) is 87.5 Å². The fraction of sp³-hybridized carbons (Fsp3) is 0.216. The Morgan fingerprint density at radius 3 is 2.23 bits per heavy atom. The van der Waals surface area contributed by atoms with E-state index in [2.05, 4.69) is 53.3 Å². The Bertz CT molecular complexity index is 2090. The maximum absolute atomic E-state index is 12.5. The van der Waals surface area contributed by atoms with E-state index in [0.29, 0.717) is 39.3 Å². The van der Waals surface area contributed by atoms with E-state index >= 15 is 0 Å². The summed E-state index contributed by atoms with van der Waals surface area (Å²) in [5, 5.41) is 10.8. The van der Waals surface area contributed by atoms with Gasteiger partial charge in [-0.05, 0) is 89.9 Å². The number of benzene rings is 4. The number of imidazole rings is 1. The standard InChI is InChI=1S/C37H34Cl2N4O3S/c1-24-19-31(16-18-35(24)43-23-37(44)41-47(43,45)46)42-22-34(32-17-15-30(38)21-33(32)39)40-36(42)20-25-7-9-27(10-8-25)29-13-11-28(12-14-29)26-5-3-2-4-6-26/h7-19,21-23,26,41,44H,2-6,20H2,1H3. The van der Waals surface area contributed by atoms with E-state index in [1.165, 1.54) is 48.8 Å². The van der Waals surface area contributed by atoms with Crippen LogP contribution in [-0.2, 0) is 16.6 Å². The maximum atomic E-state index is 12.5. The monoisotopic (exact) mass is 684 g/mol. The lowest BCUT2D eigenvalue weighted by Gasteiger charge is -2.22. The number of hydrogen-bond acceptors (Lipinski definition) is 4. The number of aromatic nitrogens is 2. The Labute approximate surface area is 285 Å². The summed E-state index contributed by atoms with van der Waals surface area (Å²) >= 11 is 12.8. The molecular formula is C37H34Cl2N4O3S. The van der Waals surface area contributed by atoms with Gasteiger partial charge in [-0.25, -0.2) is 14.0 Å². The summed E-state index contributed by atoms with van der Waals surface area (Å²) in [6.45, 7) is 1.82. The molecule has 10 heteroatoms. The van der Waals surface area contributed by atoms with Gasteiger partial charge in [0.1, 0.15) is 5.82 Å². The molecule has 0 spiro atoms. The third-order valence-corrected chi connectivity index (χ3v) is 10.9. The summed E-state index contributed by atoms with van der Waals surface area (Å²) < 4.78 is 30.1. The van der Waals surface area contributed by atoms with Crippen molar-refractivity contribution in [2.24, 2.45) is 0 Å². The van der Waals surface area contributed by atoms with Gasteiger partial charge < -0.3 is 9.67 Å². The molecule has 7 rings (SSSR count). The maximum Gasteiger partial charge on any atom is 0.330 e. The highest BCUT2D eigenvalue weighted by atomic mass is 35.5. The van der Waals surface area contributed by atoms with Gasteiger partial charge in [0, 0.05) is 28.9 Å². The summed E-state index contributed by atoms with van der Waals surface area (Å²) in [5.41, 5.74) is 8.28. The number of nitrogens with one attached hydrogen (secondary N) is 1. The van der Waals surface area contributed by atoms with E-state index in [1.807, 2.05) is 35.9 Å². The van der Waals surface area contributed by atoms with Crippen molar-refractivity contribution in [3.05, 3.63) is 136 Å². The molecule has 0 unspecified atom stereocenters. The van der Waals surface area contributed by atoms with Crippen molar-refractivity contribution in [2.75, 3.05) is 4.31 Å². The Balaban J connectivity index is 1.19. The van der Waals surface area contributed by atoms with E-state index in [1.54, 1.807) is 18.2 Å². The molecule has 47 heavy (non-hydrogen) atoms. The number of aryl methyl sites for hydroxylation is 1. The van der Waals surface area contributed by atoms with Crippen LogP contribution in [0.1, 0.15) is 60.5 Å². The van der Waals surface area contributed by atoms with Crippen LogP contribution in [0.25, 0.3) is 28.1 Å². The van der Waals surface area contributed by atoms with Gasteiger partial charge in [-0.3, -0.25) is 0 Å². The lowest BCUT2D eigenvalue weighted by molar-refractivity contribution is 0.392. The first-order valence-corrected chi connectivity index (χ1v) is 17.9. The van der Waals surface area contributed by atoms with Gasteiger partial charge in [0.25, 0.3) is 0 Å². The Kier molecular flexibility index (Phi) is 8.51. The van der Waals surface area contributed by atoms with Gasteiger partial charge in [-0.1, -0.05) is 91.0 Å². The zero-order valence-corrected chi connectivity index (χ0v) is 28.2. The molecule has 0 atom stereocenters. The largest absolute Gasteiger partial charge is 0.493 e. The molecule has 1 saturated carbocycles. The zero-order valence-electron chi connectivity index (χ0n) is 25.8. The van der Waals surface area contributed by atoms with Crippen molar-refractivity contribution in [3.63, 3.8) is 0 Å². The smallest absolute Gasteiger partial charge is 0.330 e. The van der Waals surface area contributed by atoms with Crippen LogP contribution >= 0.6 is 23.2 Å². The van der Waals surface area contributed by atoms with Crippen LogP contribution in [0, 0.1) is 6.92 Å². The summed E-state index contributed by atoms with van der Waals surface area (Å²) in [6.07, 6.45) is 10.2. The van der Waals surface area contributed by atoms with Crippen LogP contribution in [-0.4, -0.2) is 23.1 Å². The van der Waals surface area contributed by atoms with Crippen molar-refractivity contribution in [1.29, 1.82) is 0 Å². The van der Waals surface area contributed by atoms with Crippen molar-refractivity contribution < 1.29 is 13.5 Å². The molecule has 4 aromatic carbocycles. The highest BCUT2D eigenvalue weighted by molar-refractivity contribution is 7.91. The molecule has 1 aliphatic heterocycles. The van der Waals surface area contributed by atoms with Gasteiger partial charge in [0.2, 0.25) is 5.88 Å². The van der Waals surface area contributed by atoms with Gasteiger partial charge in [-0.2, -0.15) is 8.42 Å². The van der Waals surface area contributed by atoms with Crippen LogP contribution in [0.2, 0.25) is 10.0 Å². The first-order chi connectivity index (χ1) is 22.6. The molecule has 2 heterocycles. The fourth-order valence-electron chi connectivity index (χ4n) is 6.60. The number of anilines is 1. The summed E-state index contributed by atoms with van der Waals surface area (Å²) in [5.74, 6) is 1.04. The second-order valence-corrected chi connectivity index (χ2v) is 14.6. The van der Waals surface area contributed by atoms with E-state index < -0.39 is 16.1 Å². The average Bonchev–Trinajstić information content (AvgIpc) is 3.60. The summed E-state index contributed by atoms with van der Waals surface area (Å²) in [7, 11) is -3.91. The second-order valence-electron chi connectivity index (χ2n) is 12.3. The first-order valence-electron chi connectivity index (χ1n) is 15.7. The lowest BCUT2D eigenvalue weighted by Crippen LogP contribution is -2.30. The number of aliphatic hydroxyl groups excluding tert-OH is 1. The van der Waals surface area contributed by atoms with Gasteiger partial charge in [0.05, 0.1) is 22.6 Å². The average molecular weight is 686 g/mol. The van der Waals surface area contributed by atoms with E-state index in [-0.39, 0.29) is 0 Å². The summed E-state index contributed by atoms with van der Waals surface area (Å²) in [4.78, 5) is 5.02. The second kappa shape index (κ2) is 12.8. The van der Waals surface area contributed by atoms with Crippen molar-refractivity contribution in [3.8, 4) is 28.1 Å². The van der Waals surface area contributed by atoms with E-state index in [0.717, 1.165) is 33.1 Å². The number of hydrogen-bond donors (Lipinski definition) is 2. The molecule has 1 aliphatic carbocycles. The molecule has 1 aromatic heterocycles. The predicted octanol–water partition coefficient (Wildman–Crippen LogP) is 9.47. The van der Waals surface area contributed by atoms with Crippen LogP contribution in [0.15, 0.2) is 103 Å². The molecule has 5 aromatic rings. The molecule has 240 valence electrons. The molecule has 0 radical (unpaired) electrons. The number of halogens is 2. The quantitative estimate of drug-likeness (QED) is 0.179. The fourth-order valence-corrected chi connectivity index (χ4v) is 8.22. The van der Waals surface area contributed by atoms with Crippen molar-refractivity contribution >= 4 is 39.1 Å². The number of rotatable bonds is 7. The number of aliphatic hydroxyl groups is 1. The van der Waals surface area contributed by atoms with Crippen LogP contribution in [0.5, 0.6) is 0 Å². The molecule has 1 fully saturated rings. The lowest BCUT2D eigenvalue weighted by atomic mass is 9.83. The van der Waals surface area contributed by atoms with Gasteiger partial charge >= 0.3 is 10.2 Å². The van der Waals surface area contributed by atoms with Gasteiger partial charge in [0.15, 0.2) is 0 Å². The minimum Gasteiger partial charge on any atom is -0.493 e. The Morgan fingerprint density at radius 1 is 0.894 bits per heavy atom. The highest BCUT2D eigenvalue weighted by Crippen LogP contribution is 2.35. The highest BCUT2D eigenvalue weighted by Gasteiger charge is 2.30. The normalized spacial score (nSPS) is 16.2. The molecule has 2 N–H and O–H groups in total. The molecule has 0 saturated heterocycles. The van der Waals surface area contributed by atoms with Crippen LogP contribution in [0.4, 0.5) is 5.69 Å². The van der Waals surface area contributed by atoms with Crippen molar-refractivity contribution in [1.82, 2.24) is 14.3 Å². The number of nitrogens with zero attached hydrogens (tertiary/aromatic N) is 3. The molecule has 2 aliphatic rings. The molecular weight excluding hydrogens is 651 g/mol. The molecule has 0 amide bonds. The minimum atomic E-state index is -3.91. The summed E-state index contributed by atoms with van der Waals surface area (Å²) in [6, 6.07) is 28.4. The van der Waals surface area contributed by atoms with Crippen molar-refractivity contribution in [2.45, 2.75) is 51.4 Å². The SMILES string of the molecule is Cc1cc(-n2cc(-c3ccc(Cl)cc3Cl)nc2Cc2ccc(-c3ccc(C4CCCCC4)cc3)cc2)ccc1N1C=C(O)NS1(=O)=O. The molecule has 7 nitrogen and oxygen atoms in total. The third-order valence-electron chi connectivity index (χ3n) is 9.05. The zero-order chi connectivity index (χ0) is 32.7. The van der Waals surface area contributed by atoms with Crippen LogP contribution in [0.3, 0.4) is 0 Å². The van der Waals surface area contributed by atoms with E-state index in [4.69, 9.17) is 28.2 Å². The minimum absolute atomic E-state index is 0.426. The van der Waals surface area contributed by atoms with Gasteiger partial charge in [-0.15, -0.1) is 0 Å². The predicted molar refractivity (Wildman–Crippen MR) is 190 cm³/mol. The first kappa shape index (κ1) is 31.4. The van der Waals surface area contributed by atoms with Crippen LogP contribution < -0.4 is 9.03 Å². The Hall–Kier alpha value is -4.24.